The molecule has 5 rings (SSSR count). The molecule has 2 aromatic carbocycles. The highest BCUT2D eigenvalue weighted by atomic mass is 16.5. The highest BCUT2D eigenvalue weighted by Crippen LogP contribution is 2.35. The quantitative estimate of drug-likeness (QED) is 0.549. The van der Waals surface area contributed by atoms with Gasteiger partial charge in [-0.25, -0.2) is 4.68 Å². The zero-order valence-electron chi connectivity index (χ0n) is 20.2. The monoisotopic (exact) mass is 488 g/mol. The molecule has 36 heavy (non-hydrogen) atoms. The van der Waals surface area contributed by atoms with Gasteiger partial charge in [0.1, 0.15) is 18.1 Å². The number of nitrogens with one attached hydrogen (secondary N) is 2. The Bertz CT molecular complexity index is 1290. The molecule has 1 fully saturated rings. The van der Waals surface area contributed by atoms with Crippen LogP contribution in [0, 0.1) is 6.92 Å². The molecule has 3 aromatic rings. The molecular formula is C26H28N6O4. The standard InChI is InChI=1S/C26H28N6O4/c1-17-4-3-5-20(14-17)30-25(34)23-18(2)29-26-27-16-28-32(26)24(23)19-6-8-21(9-7-19)36-15-22(33)31-10-12-35-13-11-31/h3-9,14,16,24H,10-13,15H2,1-2H3,(H,30,34)(H,27,28,29). The van der Waals surface area contributed by atoms with Crippen LogP contribution in [0.4, 0.5) is 11.6 Å². The van der Waals surface area contributed by atoms with Gasteiger partial charge in [0.15, 0.2) is 6.61 Å². The molecule has 2 amide bonds. The molecule has 2 aliphatic rings. The lowest BCUT2D eigenvalue weighted by Gasteiger charge is -2.29. The van der Waals surface area contributed by atoms with Crippen molar-refractivity contribution in [1.82, 2.24) is 19.7 Å². The van der Waals surface area contributed by atoms with Gasteiger partial charge >= 0.3 is 0 Å². The average Bonchev–Trinajstić information content (AvgIpc) is 3.35. The molecule has 1 unspecified atom stereocenters. The number of aryl methyl sites for hydroxylation is 1. The lowest BCUT2D eigenvalue weighted by Crippen LogP contribution is -2.42. The first kappa shape index (κ1) is 23.6. The van der Waals surface area contributed by atoms with E-state index in [-0.39, 0.29) is 18.4 Å². The minimum absolute atomic E-state index is 0.0386. The summed E-state index contributed by atoms with van der Waals surface area (Å²) < 4.78 is 12.7. The molecule has 1 atom stereocenters. The van der Waals surface area contributed by atoms with Gasteiger partial charge in [-0.2, -0.15) is 10.1 Å². The number of rotatable bonds is 6. The first-order valence-corrected chi connectivity index (χ1v) is 11.8. The second-order valence-electron chi connectivity index (χ2n) is 8.77. The van der Waals surface area contributed by atoms with Gasteiger partial charge in [-0.1, -0.05) is 24.3 Å². The number of amides is 2. The summed E-state index contributed by atoms with van der Waals surface area (Å²) in [6.07, 6.45) is 1.46. The molecule has 1 aromatic heterocycles. The number of nitrogens with zero attached hydrogens (tertiary/aromatic N) is 4. The number of morpholine rings is 1. The highest BCUT2D eigenvalue weighted by Gasteiger charge is 2.33. The fraction of sp³-hybridized carbons (Fsp3) is 0.308. The molecule has 10 nitrogen and oxygen atoms in total. The van der Waals surface area contributed by atoms with Crippen LogP contribution in [0.2, 0.25) is 0 Å². The largest absolute Gasteiger partial charge is 0.484 e. The van der Waals surface area contributed by atoms with E-state index < -0.39 is 6.04 Å². The maximum atomic E-state index is 13.5. The zero-order chi connectivity index (χ0) is 25.1. The molecule has 0 aliphatic carbocycles. The number of allylic oxidation sites excluding steroid dienone is 1. The van der Waals surface area contributed by atoms with Crippen molar-refractivity contribution in [3.63, 3.8) is 0 Å². The molecule has 10 heteroatoms. The maximum Gasteiger partial charge on any atom is 0.260 e. The van der Waals surface area contributed by atoms with Gasteiger partial charge in [-0.05, 0) is 49.2 Å². The van der Waals surface area contributed by atoms with Gasteiger partial charge in [-0.3, -0.25) is 9.59 Å². The van der Waals surface area contributed by atoms with E-state index in [1.165, 1.54) is 6.33 Å². The van der Waals surface area contributed by atoms with Crippen LogP contribution in [0.1, 0.15) is 24.1 Å². The van der Waals surface area contributed by atoms with E-state index in [9.17, 15) is 9.59 Å². The molecule has 0 radical (unpaired) electrons. The van der Waals surface area contributed by atoms with Crippen LogP contribution < -0.4 is 15.4 Å². The summed E-state index contributed by atoms with van der Waals surface area (Å²) in [6.45, 7) is 6.05. The first-order chi connectivity index (χ1) is 17.5. The van der Waals surface area contributed by atoms with Gasteiger partial charge in [0, 0.05) is 24.5 Å². The third-order valence-electron chi connectivity index (χ3n) is 6.24. The summed E-state index contributed by atoms with van der Waals surface area (Å²) in [5.41, 5.74) is 3.84. The van der Waals surface area contributed by atoms with Crippen molar-refractivity contribution in [3.8, 4) is 5.75 Å². The number of hydrogen-bond donors (Lipinski definition) is 2. The smallest absolute Gasteiger partial charge is 0.260 e. The average molecular weight is 489 g/mol. The number of benzene rings is 2. The number of hydrogen-bond acceptors (Lipinski definition) is 7. The summed E-state index contributed by atoms with van der Waals surface area (Å²) in [5, 5.41) is 10.6. The molecule has 186 valence electrons. The van der Waals surface area contributed by atoms with E-state index in [0.717, 1.165) is 16.8 Å². The highest BCUT2D eigenvalue weighted by molar-refractivity contribution is 6.06. The fourth-order valence-electron chi connectivity index (χ4n) is 4.41. The minimum Gasteiger partial charge on any atom is -0.484 e. The fourth-order valence-corrected chi connectivity index (χ4v) is 4.41. The van der Waals surface area contributed by atoms with Crippen LogP contribution >= 0.6 is 0 Å². The van der Waals surface area contributed by atoms with Crippen molar-refractivity contribution in [2.75, 3.05) is 43.5 Å². The number of ether oxygens (including phenoxy) is 2. The van der Waals surface area contributed by atoms with Gasteiger partial charge in [-0.15, -0.1) is 0 Å². The summed E-state index contributed by atoms with van der Waals surface area (Å²) >= 11 is 0. The summed E-state index contributed by atoms with van der Waals surface area (Å²) in [4.78, 5) is 31.9. The Labute approximate surface area is 208 Å². The lowest BCUT2D eigenvalue weighted by molar-refractivity contribution is -0.137. The van der Waals surface area contributed by atoms with Crippen LogP contribution in [-0.2, 0) is 14.3 Å². The minimum atomic E-state index is -0.488. The predicted octanol–water partition coefficient (Wildman–Crippen LogP) is 2.75. The van der Waals surface area contributed by atoms with Crippen LogP contribution in [0.3, 0.4) is 0 Å². The second kappa shape index (κ2) is 10.2. The Hall–Kier alpha value is -4.18. The Morgan fingerprint density at radius 3 is 2.67 bits per heavy atom. The predicted molar refractivity (Wildman–Crippen MR) is 134 cm³/mol. The Morgan fingerprint density at radius 1 is 1.14 bits per heavy atom. The normalized spacial score (nSPS) is 17.3. The van der Waals surface area contributed by atoms with Gasteiger partial charge < -0.3 is 25.0 Å². The van der Waals surface area contributed by atoms with E-state index in [4.69, 9.17) is 9.47 Å². The third kappa shape index (κ3) is 4.94. The van der Waals surface area contributed by atoms with Crippen LogP contribution in [0.5, 0.6) is 5.75 Å². The molecule has 0 bridgehead atoms. The SMILES string of the molecule is CC1=C(C(=O)Nc2cccc(C)c2)C(c2ccc(OCC(=O)N3CCOCC3)cc2)n2ncnc2N1. The van der Waals surface area contributed by atoms with Crippen molar-refractivity contribution in [2.24, 2.45) is 0 Å². The van der Waals surface area contributed by atoms with Crippen LogP contribution in [0.25, 0.3) is 0 Å². The molecule has 2 aliphatic heterocycles. The summed E-state index contributed by atoms with van der Waals surface area (Å²) in [7, 11) is 0. The van der Waals surface area contributed by atoms with Crippen molar-refractivity contribution in [2.45, 2.75) is 19.9 Å². The van der Waals surface area contributed by atoms with Gasteiger partial charge in [0.05, 0.1) is 18.8 Å². The lowest BCUT2D eigenvalue weighted by atomic mass is 9.95. The topological polar surface area (TPSA) is 111 Å². The van der Waals surface area contributed by atoms with E-state index >= 15 is 0 Å². The molecule has 0 saturated carbocycles. The van der Waals surface area contributed by atoms with Gasteiger partial charge in [0.25, 0.3) is 11.8 Å². The number of aromatic nitrogens is 3. The molecule has 3 heterocycles. The summed E-state index contributed by atoms with van der Waals surface area (Å²) in [5.74, 6) is 0.829. The van der Waals surface area contributed by atoms with E-state index in [2.05, 4.69) is 20.7 Å². The van der Waals surface area contributed by atoms with Crippen molar-refractivity contribution in [3.05, 3.63) is 77.3 Å². The van der Waals surface area contributed by atoms with Crippen LogP contribution in [0.15, 0.2) is 66.1 Å². The summed E-state index contributed by atoms with van der Waals surface area (Å²) in [6, 6.07) is 14.5. The Kier molecular flexibility index (Phi) is 6.68. The molecule has 0 spiro atoms. The van der Waals surface area contributed by atoms with E-state index in [1.54, 1.807) is 21.7 Å². The Balaban J connectivity index is 1.35. The van der Waals surface area contributed by atoms with Crippen molar-refractivity contribution in [1.29, 1.82) is 0 Å². The van der Waals surface area contributed by atoms with E-state index in [0.29, 0.717) is 49.3 Å². The van der Waals surface area contributed by atoms with E-state index in [1.807, 2.05) is 50.2 Å². The number of carbonyl (C=O) groups excluding carboxylic acids is 2. The third-order valence-corrected chi connectivity index (χ3v) is 6.24. The molecular weight excluding hydrogens is 460 g/mol. The van der Waals surface area contributed by atoms with Gasteiger partial charge in [0.2, 0.25) is 5.95 Å². The Morgan fingerprint density at radius 2 is 1.92 bits per heavy atom. The number of anilines is 2. The molecule has 2 N–H and O–H groups in total. The maximum absolute atomic E-state index is 13.5. The van der Waals surface area contributed by atoms with Crippen LogP contribution in [-0.4, -0.2) is 64.4 Å². The number of carbonyl (C=O) groups is 2. The number of fused-ring (bicyclic) bond motifs is 1. The van der Waals surface area contributed by atoms with Crippen molar-refractivity contribution < 1.29 is 19.1 Å². The zero-order valence-corrected chi connectivity index (χ0v) is 20.2. The second-order valence-corrected chi connectivity index (χ2v) is 8.77. The molecule has 1 saturated heterocycles. The van der Waals surface area contributed by atoms with Crippen molar-refractivity contribution >= 4 is 23.5 Å². The first-order valence-electron chi connectivity index (χ1n) is 11.8.